The highest BCUT2D eigenvalue weighted by molar-refractivity contribution is 5.94. The zero-order chi connectivity index (χ0) is 15.1. The monoisotopic (exact) mass is 301 g/mol. The summed E-state index contributed by atoms with van der Waals surface area (Å²) < 4.78 is 14.1. The summed E-state index contributed by atoms with van der Waals surface area (Å²) in [6.45, 7) is 0.391. The molecule has 1 aliphatic heterocycles. The highest BCUT2D eigenvalue weighted by atomic mass is 19.1. The molecule has 3 N–H and O–H groups in total. The lowest BCUT2D eigenvalue weighted by molar-refractivity contribution is -0.116. The minimum absolute atomic E-state index is 0.0677. The Morgan fingerprint density at radius 2 is 2.18 bits per heavy atom. The van der Waals surface area contributed by atoms with Crippen LogP contribution in [0.5, 0.6) is 0 Å². The molecule has 6 nitrogen and oxygen atoms in total. The maximum Gasteiger partial charge on any atom is 0.224 e. The van der Waals surface area contributed by atoms with Crippen LogP contribution in [0, 0.1) is 5.82 Å². The van der Waals surface area contributed by atoms with Crippen molar-refractivity contribution in [3.05, 3.63) is 35.2 Å². The zero-order valence-corrected chi connectivity index (χ0v) is 11.9. The van der Waals surface area contributed by atoms with Crippen molar-refractivity contribution >= 4 is 17.3 Å². The van der Waals surface area contributed by atoms with E-state index in [1.165, 1.54) is 6.07 Å². The Kier molecular flexibility index (Phi) is 3.06. The van der Waals surface area contributed by atoms with Crippen molar-refractivity contribution in [2.75, 3.05) is 10.6 Å². The van der Waals surface area contributed by atoms with Crippen molar-refractivity contribution in [2.45, 2.75) is 38.1 Å². The van der Waals surface area contributed by atoms with E-state index in [9.17, 15) is 9.18 Å². The standard InChI is InChI=1S/C15H16FN5O/c16-10-6-11-9(3-4-14(22)18-11)5-12(10)17-7-13-19-15(21-20-13)8-1-2-8/h5-6,8,17H,1-4,7H2,(H,18,22)(H,19,20,21). The molecule has 0 radical (unpaired) electrons. The molecular weight excluding hydrogens is 285 g/mol. The summed E-state index contributed by atoms with van der Waals surface area (Å²) in [5, 5.41) is 12.8. The molecule has 1 aromatic heterocycles. The van der Waals surface area contributed by atoms with Crippen molar-refractivity contribution in [2.24, 2.45) is 0 Å². The summed E-state index contributed by atoms with van der Waals surface area (Å²) >= 11 is 0. The van der Waals surface area contributed by atoms with Gasteiger partial charge in [0.05, 0.1) is 12.2 Å². The number of rotatable bonds is 4. The van der Waals surface area contributed by atoms with Gasteiger partial charge in [-0.15, -0.1) is 0 Å². The molecule has 0 bridgehead atoms. The summed E-state index contributed by atoms with van der Waals surface area (Å²) in [7, 11) is 0. The quantitative estimate of drug-likeness (QED) is 0.809. The van der Waals surface area contributed by atoms with Crippen LogP contribution < -0.4 is 10.6 Å². The van der Waals surface area contributed by atoms with E-state index in [2.05, 4.69) is 25.8 Å². The van der Waals surface area contributed by atoms with Gasteiger partial charge in [-0.1, -0.05) is 0 Å². The van der Waals surface area contributed by atoms with Gasteiger partial charge in [-0.2, -0.15) is 5.10 Å². The molecule has 1 aliphatic carbocycles. The summed E-state index contributed by atoms with van der Waals surface area (Å²) in [5.74, 6) is 1.59. The van der Waals surface area contributed by atoms with Crippen molar-refractivity contribution < 1.29 is 9.18 Å². The van der Waals surface area contributed by atoms with E-state index >= 15 is 0 Å². The lowest BCUT2D eigenvalue weighted by atomic mass is 10.0. The van der Waals surface area contributed by atoms with Crippen LogP contribution in [0.2, 0.25) is 0 Å². The molecule has 0 unspecified atom stereocenters. The van der Waals surface area contributed by atoms with Gasteiger partial charge < -0.3 is 10.6 Å². The Hall–Kier alpha value is -2.44. The number of aryl methyl sites for hydroxylation is 1. The smallest absolute Gasteiger partial charge is 0.224 e. The van der Waals surface area contributed by atoms with Gasteiger partial charge in [-0.3, -0.25) is 9.89 Å². The van der Waals surface area contributed by atoms with Crippen LogP contribution >= 0.6 is 0 Å². The molecule has 2 aliphatic rings. The fourth-order valence-corrected chi connectivity index (χ4v) is 2.63. The van der Waals surface area contributed by atoms with Gasteiger partial charge in [0.2, 0.25) is 5.91 Å². The van der Waals surface area contributed by atoms with E-state index in [1.54, 1.807) is 6.07 Å². The van der Waals surface area contributed by atoms with Crippen LogP contribution in [0.3, 0.4) is 0 Å². The van der Waals surface area contributed by atoms with Gasteiger partial charge in [-0.25, -0.2) is 9.37 Å². The highest BCUT2D eigenvalue weighted by Crippen LogP contribution is 2.37. The Labute approximate surface area is 126 Å². The molecule has 1 saturated carbocycles. The Morgan fingerprint density at radius 3 is 3.00 bits per heavy atom. The summed E-state index contributed by atoms with van der Waals surface area (Å²) in [5.41, 5.74) is 1.92. The molecule has 1 amide bonds. The SMILES string of the molecule is O=C1CCc2cc(NCc3nc(C4CC4)n[nH]3)c(F)cc2N1. The third-order valence-corrected chi connectivity index (χ3v) is 4.03. The minimum Gasteiger partial charge on any atom is -0.375 e. The summed E-state index contributed by atoms with van der Waals surface area (Å²) in [4.78, 5) is 15.7. The average molecular weight is 301 g/mol. The summed E-state index contributed by atoms with van der Waals surface area (Å²) in [6, 6.07) is 3.12. The highest BCUT2D eigenvalue weighted by Gasteiger charge is 2.27. The number of carbonyl (C=O) groups is 1. The molecule has 4 rings (SSSR count). The van der Waals surface area contributed by atoms with Gasteiger partial charge in [0, 0.05) is 18.0 Å². The first-order chi connectivity index (χ1) is 10.7. The molecule has 1 aromatic carbocycles. The fraction of sp³-hybridized carbons (Fsp3) is 0.400. The fourth-order valence-electron chi connectivity index (χ4n) is 2.63. The third kappa shape index (κ3) is 2.54. The summed E-state index contributed by atoms with van der Waals surface area (Å²) in [6.07, 6.45) is 3.36. The number of fused-ring (bicyclic) bond motifs is 1. The number of nitrogens with zero attached hydrogens (tertiary/aromatic N) is 2. The van der Waals surface area contributed by atoms with Crippen molar-refractivity contribution in [3.63, 3.8) is 0 Å². The maximum absolute atomic E-state index is 14.1. The van der Waals surface area contributed by atoms with Gasteiger partial charge >= 0.3 is 0 Å². The number of carbonyl (C=O) groups excluding carboxylic acids is 1. The predicted octanol–water partition coefficient (Wildman–Crippen LogP) is 2.32. The van der Waals surface area contributed by atoms with Crippen molar-refractivity contribution in [1.29, 1.82) is 0 Å². The molecule has 114 valence electrons. The number of nitrogens with one attached hydrogen (secondary N) is 3. The first-order valence-corrected chi connectivity index (χ1v) is 7.46. The second-order valence-corrected chi connectivity index (χ2v) is 5.81. The molecule has 1 fully saturated rings. The van der Waals surface area contributed by atoms with Gasteiger partial charge in [0.25, 0.3) is 0 Å². The molecule has 0 saturated heterocycles. The van der Waals surface area contributed by atoms with Crippen LogP contribution in [0.25, 0.3) is 0 Å². The van der Waals surface area contributed by atoms with Crippen LogP contribution in [-0.2, 0) is 17.8 Å². The molecule has 2 heterocycles. The number of amides is 1. The Bertz CT molecular complexity index is 738. The molecule has 0 spiro atoms. The van der Waals surface area contributed by atoms with E-state index < -0.39 is 0 Å². The second kappa shape index (κ2) is 5.08. The van der Waals surface area contributed by atoms with Gasteiger partial charge in [0.15, 0.2) is 5.82 Å². The van der Waals surface area contributed by atoms with E-state index in [0.717, 1.165) is 24.2 Å². The predicted molar refractivity (Wildman–Crippen MR) is 79.0 cm³/mol. The maximum atomic E-state index is 14.1. The number of hydrogen-bond donors (Lipinski definition) is 3. The van der Waals surface area contributed by atoms with Crippen LogP contribution in [0.1, 0.15) is 42.4 Å². The van der Waals surface area contributed by atoms with E-state index in [0.29, 0.717) is 42.5 Å². The van der Waals surface area contributed by atoms with Crippen LogP contribution in [0.4, 0.5) is 15.8 Å². The first kappa shape index (κ1) is 13.2. The third-order valence-electron chi connectivity index (χ3n) is 4.03. The molecule has 2 aromatic rings. The van der Waals surface area contributed by atoms with Crippen molar-refractivity contribution in [3.8, 4) is 0 Å². The molecule has 0 atom stereocenters. The largest absolute Gasteiger partial charge is 0.375 e. The van der Waals surface area contributed by atoms with E-state index in [1.807, 2.05) is 0 Å². The minimum atomic E-state index is -0.386. The average Bonchev–Trinajstić information content (AvgIpc) is 3.24. The Morgan fingerprint density at radius 1 is 1.32 bits per heavy atom. The van der Waals surface area contributed by atoms with E-state index in [4.69, 9.17) is 0 Å². The number of aromatic amines is 1. The van der Waals surface area contributed by atoms with Gasteiger partial charge in [-0.05, 0) is 37.0 Å². The molecule has 22 heavy (non-hydrogen) atoms. The first-order valence-electron chi connectivity index (χ1n) is 7.46. The number of aromatic nitrogens is 3. The topological polar surface area (TPSA) is 82.7 Å². The van der Waals surface area contributed by atoms with Gasteiger partial charge in [0.1, 0.15) is 11.6 Å². The van der Waals surface area contributed by atoms with E-state index in [-0.39, 0.29) is 11.7 Å². The lowest BCUT2D eigenvalue weighted by Gasteiger charge is -2.18. The number of halogens is 1. The number of benzene rings is 1. The van der Waals surface area contributed by atoms with Crippen LogP contribution in [0.15, 0.2) is 12.1 Å². The lowest BCUT2D eigenvalue weighted by Crippen LogP contribution is -2.19. The number of hydrogen-bond acceptors (Lipinski definition) is 4. The zero-order valence-electron chi connectivity index (χ0n) is 11.9. The number of H-pyrrole nitrogens is 1. The van der Waals surface area contributed by atoms with Crippen molar-refractivity contribution in [1.82, 2.24) is 15.2 Å². The molecule has 7 heteroatoms. The van der Waals surface area contributed by atoms with Crippen LogP contribution in [-0.4, -0.2) is 21.1 Å². The molecular formula is C15H16FN5O. The normalized spacial score (nSPS) is 17.0. The Balaban J connectivity index is 1.48. The second-order valence-electron chi connectivity index (χ2n) is 5.81. The number of anilines is 2.